The zero-order valence-corrected chi connectivity index (χ0v) is 7.69. The third kappa shape index (κ3) is 2.80. The fraction of sp³-hybridized carbons (Fsp3) is 1.00. The van der Waals surface area contributed by atoms with E-state index in [9.17, 15) is 0 Å². The summed E-state index contributed by atoms with van der Waals surface area (Å²) in [5.41, 5.74) is 0. The van der Waals surface area contributed by atoms with Gasteiger partial charge < -0.3 is 10.6 Å². The fourth-order valence-electron chi connectivity index (χ4n) is 1.81. The molecule has 2 unspecified atom stereocenters. The molecule has 0 aliphatic carbocycles. The van der Waals surface area contributed by atoms with Crippen molar-refractivity contribution in [2.45, 2.75) is 32.2 Å². The van der Waals surface area contributed by atoms with Crippen LogP contribution in [0, 0.1) is 5.92 Å². The maximum Gasteiger partial charge on any atom is 0.00645 e. The zero-order valence-electron chi connectivity index (χ0n) is 7.69. The van der Waals surface area contributed by atoms with Gasteiger partial charge in [-0.2, -0.15) is 0 Å². The van der Waals surface area contributed by atoms with Crippen molar-refractivity contribution in [1.82, 2.24) is 10.6 Å². The summed E-state index contributed by atoms with van der Waals surface area (Å²) in [7, 11) is 2.07. The van der Waals surface area contributed by atoms with E-state index in [1.54, 1.807) is 0 Å². The van der Waals surface area contributed by atoms with E-state index >= 15 is 0 Å². The Morgan fingerprint density at radius 2 is 2.45 bits per heavy atom. The van der Waals surface area contributed by atoms with E-state index in [1.807, 2.05) is 0 Å². The number of rotatable bonds is 4. The first-order chi connectivity index (χ1) is 5.36. The molecule has 0 bridgehead atoms. The summed E-state index contributed by atoms with van der Waals surface area (Å²) < 4.78 is 0. The summed E-state index contributed by atoms with van der Waals surface area (Å²) in [6.07, 6.45) is 3.98. The second kappa shape index (κ2) is 4.73. The summed E-state index contributed by atoms with van der Waals surface area (Å²) in [5.74, 6) is 0.924. The molecule has 11 heavy (non-hydrogen) atoms. The van der Waals surface area contributed by atoms with Gasteiger partial charge in [-0.25, -0.2) is 0 Å². The predicted molar refractivity (Wildman–Crippen MR) is 48.7 cm³/mol. The van der Waals surface area contributed by atoms with E-state index in [-0.39, 0.29) is 0 Å². The molecule has 1 aliphatic rings. The van der Waals surface area contributed by atoms with Gasteiger partial charge in [-0.15, -0.1) is 0 Å². The van der Waals surface area contributed by atoms with Crippen LogP contribution in [-0.2, 0) is 0 Å². The lowest BCUT2D eigenvalue weighted by Crippen LogP contribution is -2.27. The second-order valence-corrected chi connectivity index (χ2v) is 3.49. The molecule has 2 nitrogen and oxygen atoms in total. The van der Waals surface area contributed by atoms with Gasteiger partial charge in [0.05, 0.1) is 0 Å². The normalized spacial score (nSPS) is 27.3. The highest BCUT2D eigenvalue weighted by Gasteiger charge is 2.17. The largest absolute Gasteiger partial charge is 0.317 e. The van der Waals surface area contributed by atoms with Crippen LogP contribution in [0.5, 0.6) is 0 Å². The van der Waals surface area contributed by atoms with Crippen molar-refractivity contribution in [3.63, 3.8) is 0 Å². The SMILES string of the molecule is CCC(CC1CCNC1)NC. The highest BCUT2D eigenvalue weighted by molar-refractivity contribution is 4.76. The van der Waals surface area contributed by atoms with E-state index in [2.05, 4.69) is 24.6 Å². The van der Waals surface area contributed by atoms with E-state index in [4.69, 9.17) is 0 Å². The lowest BCUT2D eigenvalue weighted by atomic mass is 9.98. The molecule has 2 atom stereocenters. The van der Waals surface area contributed by atoms with Crippen molar-refractivity contribution < 1.29 is 0 Å². The zero-order chi connectivity index (χ0) is 8.10. The molecule has 0 saturated carbocycles. The van der Waals surface area contributed by atoms with Crippen LogP contribution in [0.3, 0.4) is 0 Å². The van der Waals surface area contributed by atoms with Gasteiger partial charge in [0.15, 0.2) is 0 Å². The van der Waals surface area contributed by atoms with Gasteiger partial charge in [0.1, 0.15) is 0 Å². The Morgan fingerprint density at radius 1 is 1.64 bits per heavy atom. The minimum atomic E-state index is 0.736. The molecule has 2 N–H and O–H groups in total. The van der Waals surface area contributed by atoms with Crippen molar-refractivity contribution in [2.24, 2.45) is 5.92 Å². The molecule has 0 aromatic rings. The first-order valence-corrected chi connectivity index (χ1v) is 4.74. The monoisotopic (exact) mass is 156 g/mol. The smallest absolute Gasteiger partial charge is 0.00645 e. The molecule has 1 aliphatic heterocycles. The van der Waals surface area contributed by atoms with Crippen LogP contribution in [0.25, 0.3) is 0 Å². The number of hydrogen-bond donors (Lipinski definition) is 2. The van der Waals surface area contributed by atoms with Crippen LogP contribution >= 0.6 is 0 Å². The second-order valence-electron chi connectivity index (χ2n) is 3.49. The molecule has 0 aromatic carbocycles. The van der Waals surface area contributed by atoms with Crippen LogP contribution < -0.4 is 10.6 Å². The average molecular weight is 156 g/mol. The van der Waals surface area contributed by atoms with Crippen molar-refractivity contribution in [3.8, 4) is 0 Å². The summed E-state index contributed by atoms with van der Waals surface area (Å²) in [6.45, 7) is 4.71. The van der Waals surface area contributed by atoms with Gasteiger partial charge in [-0.3, -0.25) is 0 Å². The average Bonchev–Trinajstić information content (AvgIpc) is 2.52. The molecule has 1 saturated heterocycles. The van der Waals surface area contributed by atoms with Gasteiger partial charge in [0, 0.05) is 6.04 Å². The molecule has 1 rings (SSSR count). The van der Waals surface area contributed by atoms with E-state index in [0.29, 0.717) is 0 Å². The van der Waals surface area contributed by atoms with Crippen molar-refractivity contribution in [2.75, 3.05) is 20.1 Å². The fourth-order valence-corrected chi connectivity index (χ4v) is 1.81. The maximum absolute atomic E-state index is 3.40. The Kier molecular flexibility index (Phi) is 3.87. The summed E-state index contributed by atoms with van der Waals surface area (Å²) in [6, 6.07) is 0.736. The van der Waals surface area contributed by atoms with Crippen LogP contribution in [0.4, 0.5) is 0 Å². The molecule has 1 fully saturated rings. The lowest BCUT2D eigenvalue weighted by Gasteiger charge is -2.17. The minimum absolute atomic E-state index is 0.736. The first-order valence-electron chi connectivity index (χ1n) is 4.74. The Morgan fingerprint density at radius 3 is 2.91 bits per heavy atom. The molecule has 0 aromatic heterocycles. The standard InChI is InChI=1S/C9H20N2/c1-3-9(10-2)6-8-4-5-11-7-8/h8-11H,3-7H2,1-2H3. The van der Waals surface area contributed by atoms with E-state index in [0.717, 1.165) is 12.0 Å². The Bertz CT molecular complexity index is 93.7. The molecule has 0 spiro atoms. The highest BCUT2D eigenvalue weighted by atomic mass is 14.9. The molecule has 0 radical (unpaired) electrons. The quantitative estimate of drug-likeness (QED) is 0.634. The minimum Gasteiger partial charge on any atom is -0.317 e. The van der Waals surface area contributed by atoms with Crippen LogP contribution in [0.1, 0.15) is 26.2 Å². The Labute approximate surface area is 69.8 Å². The van der Waals surface area contributed by atoms with Gasteiger partial charge in [0.2, 0.25) is 0 Å². The summed E-state index contributed by atoms with van der Waals surface area (Å²) in [5, 5.41) is 6.75. The van der Waals surface area contributed by atoms with Crippen LogP contribution in [-0.4, -0.2) is 26.2 Å². The Balaban J connectivity index is 2.16. The van der Waals surface area contributed by atoms with Crippen molar-refractivity contribution >= 4 is 0 Å². The number of hydrogen-bond acceptors (Lipinski definition) is 2. The van der Waals surface area contributed by atoms with Gasteiger partial charge in [-0.05, 0) is 45.3 Å². The van der Waals surface area contributed by atoms with E-state index < -0.39 is 0 Å². The topological polar surface area (TPSA) is 24.1 Å². The van der Waals surface area contributed by atoms with Crippen molar-refractivity contribution in [1.29, 1.82) is 0 Å². The van der Waals surface area contributed by atoms with Crippen LogP contribution in [0.15, 0.2) is 0 Å². The first kappa shape index (κ1) is 9.01. The molecule has 0 amide bonds. The van der Waals surface area contributed by atoms with Crippen molar-refractivity contribution in [3.05, 3.63) is 0 Å². The van der Waals surface area contributed by atoms with Gasteiger partial charge >= 0.3 is 0 Å². The third-order valence-corrected chi connectivity index (χ3v) is 2.68. The summed E-state index contributed by atoms with van der Waals surface area (Å²) >= 11 is 0. The van der Waals surface area contributed by atoms with E-state index in [1.165, 1.54) is 32.4 Å². The van der Waals surface area contributed by atoms with Gasteiger partial charge in [0.25, 0.3) is 0 Å². The number of nitrogens with one attached hydrogen (secondary N) is 2. The lowest BCUT2D eigenvalue weighted by molar-refractivity contribution is 0.412. The third-order valence-electron chi connectivity index (χ3n) is 2.68. The molecular weight excluding hydrogens is 136 g/mol. The molecule has 1 heterocycles. The highest BCUT2D eigenvalue weighted by Crippen LogP contribution is 2.15. The van der Waals surface area contributed by atoms with Crippen LogP contribution in [0.2, 0.25) is 0 Å². The van der Waals surface area contributed by atoms with Gasteiger partial charge in [-0.1, -0.05) is 6.92 Å². The molecule has 66 valence electrons. The Hall–Kier alpha value is -0.0800. The molecular formula is C9H20N2. The molecule has 2 heteroatoms. The summed E-state index contributed by atoms with van der Waals surface area (Å²) in [4.78, 5) is 0. The predicted octanol–water partition coefficient (Wildman–Crippen LogP) is 0.984. The maximum atomic E-state index is 3.40.